The maximum absolute atomic E-state index is 9.93. The van der Waals surface area contributed by atoms with Gasteiger partial charge in [0.15, 0.2) is 6.29 Å². The molecule has 0 aliphatic rings. The normalized spacial score (nSPS) is 10.1. The largest absolute Gasteiger partial charge is 0.497 e. The van der Waals surface area contributed by atoms with E-state index < -0.39 is 0 Å². The Hall–Kier alpha value is -1.64. The van der Waals surface area contributed by atoms with Gasteiger partial charge in [0, 0.05) is 0 Å². The fraction of sp³-hybridized carbons (Fsp3) is 0.111. The third kappa shape index (κ3) is 2.20. The highest BCUT2D eigenvalue weighted by Gasteiger charge is 1.89. The summed E-state index contributed by atoms with van der Waals surface area (Å²) in [5, 5.41) is 0. The second-order valence-corrected chi connectivity index (χ2v) is 2.11. The lowest BCUT2D eigenvalue weighted by Gasteiger charge is -1.97. The molecule has 0 bridgehead atoms. The summed E-state index contributed by atoms with van der Waals surface area (Å²) in [7, 11) is 1.60. The first-order chi connectivity index (χ1) is 5.86. The molecule has 3 heteroatoms. The first kappa shape index (κ1) is 8.46. The van der Waals surface area contributed by atoms with Crippen LogP contribution in [0.3, 0.4) is 0 Å². The fourth-order valence-electron chi connectivity index (χ4n) is 0.785. The number of hydrogen-bond donors (Lipinski definition) is 0. The SMILES string of the molecule is COc1ccc(N=CC=O)cc1. The highest BCUT2D eigenvalue weighted by Crippen LogP contribution is 2.16. The van der Waals surface area contributed by atoms with Crippen molar-refractivity contribution < 1.29 is 9.53 Å². The molecule has 1 rings (SSSR count). The van der Waals surface area contributed by atoms with E-state index in [0.29, 0.717) is 6.29 Å². The third-order valence-corrected chi connectivity index (χ3v) is 1.36. The highest BCUT2D eigenvalue weighted by molar-refractivity contribution is 6.13. The number of hydrogen-bond acceptors (Lipinski definition) is 3. The zero-order chi connectivity index (χ0) is 8.81. The molecule has 1 aromatic carbocycles. The van der Waals surface area contributed by atoms with Gasteiger partial charge in [-0.05, 0) is 24.3 Å². The van der Waals surface area contributed by atoms with E-state index in [2.05, 4.69) is 4.99 Å². The third-order valence-electron chi connectivity index (χ3n) is 1.36. The number of carbonyl (C=O) groups is 1. The number of aliphatic imine (C=N–C) groups is 1. The van der Waals surface area contributed by atoms with Crippen LogP contribution < -0.4 is 4.74 Å². The predicted molar refractivity (Wildman–Crippen MR) is 47.2 cm³/mol. The van der Waals surface area contributed by atoms with Crippen molar-refractivity contribution in [2.24, 2.45) is 4.99 Å². The molecule has 0 aliphatic heterocycles. The van der Waals surface area contributed by atoms with Crippen LogP contribution in [0.15, 0.2) is 29.3 Å². The van der Waals surface area contributed by atoms with Gasteiger partial charge in [0.2, 0.25) is 0 Å². The molecule has 0 amide bonds. The Labute approximate surface area is 70.7 Å². The van der Waals surface area contributed by atoms with E-state index in [4.69, 9.17) is 4.74 Å². The Morgan fingerprint density at radius 1 is 1.33 bits per heavy atom. The summed E-state index contributed by atoms with van der Waals surface area (Å²) < 4.78 is 4.95. The molecule has 0 atom stereocenters. The van der Waals surface area contributed by atoms with E-state index in [1.54, 1.807) is 31.4 Å². The first-order valence-corrected chi connectivity index (χ1v) is 3.48. The predicted octanol–water partition coefficient (Wildman–Crippen LogP) is 1.60. The van der Waals surface area contributed by atoms with Gasteiger partial charge in [0.1, 0.15) is 5.75 Å². The molecule has 0 saturated heterocycles. The molecule has 12 heavy (non-hydrogen) atoms. The van der Waals surface area contributed by atoms with Crippen LogP contribution in [-0.4, -0.2) is 19.6 Å². The van der Waals surface area contributed by atoms with Gasteiger partial charge in [-0.3, -0.25) is 9.79 Å². The van der Waals surface area contributed by atoms with Gasteiger partial charge in [-0.2, -0.15) is 0 Å². The Balaban J connectivity index is 2.77. The van der Waals surface area contributed by atoms with Crippen LogP contribution in [0.2, 0.25) is 0 Å². The molecule has 0 aromatic heterocycles. The number of aldehydes is 1. The van der Waals surface area contributed by atoms with Gasteiger partial charge in [0.25, 0.3) is 0 Å². The van der Waals surface area contributed by atoms with Gasteiger partial charge in [0.05, 0.1) is 19.0 Å². The maximum Gasteiger partial charge on any atom is 0.161 e. The number of nitrogens with zero attached hydrogens (tertiary/aromatic N) is 1. The topological polar surface area (TPSA) is 38.7 Å². The fourth-order valence-corrected chi connectivity index (χ4v) is 0.785. The van der Waals surface area contributed by atoms with E-state index >= 15 is 0 Å². The minimum absolute atomic E-state index is 0.643. The summed E-state index contributed by atoms with van der Waals surface area (Å²) in [5.41, 5.74) is 0.739. The molecule has 0 fully saturated rings. The van der Waals surface area contributed by atoms with Crippen molar-refractivity contribution in [3.8, 4) is 5.75 Å². The van der Waals surface area contributed by atoms with Crippen LogP contribution in [0.1, 0.15) is 0 Å². The molecule has 0 radical (unpaired) electrons. The van der Waals surface area contributed by atoms with Crippen molar-refractivity contribution in [2.45, 2.75) is 0 Å². The Bertz CT molecular complexity index is 277. The average molecular weight is 163 g/mol. The van der Waals surface area contributed by atoms with Crippen LogP contribution in [0.25, 0.3) is 0 Å². The van der Waals surface area contributed by atoms with Gasteiger partial charge in [-0.1, -0.05) is 0 Å². The summed E-state index contributed by atoms with van der Waals surface area (Å²) in [4.78, 5) is 13.8. The Kier molecular flexibility index (Phi) is 3.02. The molecule has 0 N–H and O–H groups in total. The lowest BCUT2D eigenvalue weighted by molar-refractivity contribution is -0.102. The molecule has 0 saturated carbocycles. The number of carbonyl (C=O) groups excluding carboxylic acids is 1. The summed E-state index contributed by atoms with van der Waals surface area (Å²) >= 11 is 0. The average Bonchev–Trinajstić information content (AvgIpc) is 2.15. The summed E-state index contributed by atoms with van der Waals surface area (Å²) in [6, 6.07) is 7.13. The van der Waals surface area contributed by atoms with Gasteiger partial charge >= 0.3 is 0 Å². The smallest absolute Gasteiger partial charge is 0.161 e. The molecule has 62 valence electrons. The molecule has 1 aromatic rings. The highest BCUT2D eigenvalue weighted by atomic mass is 16.5. The Morgan fingerprint density at radius 3 is 2.50 bits per heavy atom. The van der Waals surface area contributed by atoms with Crippen LogP contribution in [0.4, 0.5) is 5.69 Å². The molecular weight excluding hydrogens is 154 g/mol. The van der Waals surface area contributed by atoms with Crippen LogP contribution >= 0.6 is 0 Å². The van der Waals surface area contributed by atoms with Gasteiger partial charge in [-0.15, -0.1) is 0 Å². The van der Waals surface area contributed by atoms with E-state index in [1.165, 1.54) is 6.21 Å². The standard InChI is InChI=1S/C9H9NO2/c1-12-9-4-2-8(3-5-9)10-6-7-11/h2-7H,1H3. The quantitative estimate of drug-likeness (QED) is 0.501. The van der Waals surface area contributed by atoms with E-state index in [-0.39, 0.29) is 0 Å². The van der Waals surface area contributed by atoms with E-state index in [0.717, 1.165) is 11.4 Å². The van der Waals surface area contributed by atoms with Crippen LogP contribution in [-0.2, 0) is 4.79 Å². The first-order valence-electron chi connectivity index (χ1n) is 3.48. The number of ether oxygens (including phenoxy) is 1. The zero-order valence-corrected chi connectivity index (χ0v) is 6.73. The van der Waals surface area contributed by atoms with Crippen molar-refractivity contribution in [1.82, 2.24) is 0 Å². The van der Waals surface area contributed by atoms with Crippen LogP contribution in [0.5, 0.6) is 5.75 Å². The van der Waals surface area contributed by atoms with Crippen molar-refractivity contribution in [1.29, 1.82) is 0 Å². The van der Waals surface area contributed by atoms with Gasteiger partial charge in [-0.25, -0.2) is 0 Å². The summed E-state index contributed by atoms with van der Waals surface area (Å²) in [6.45, 7) is 0. The molecular formula is C9H9NO2. The lowest BCUT2D eigenvalue weighted by atomic mass is 10.3. The minimum atomic E-state index is 0.643. The monoisotopic (exact) mass is 163 g/mol. The number of methoxy groups -OCH3 is 1. The van der Waals surface area contributed by atoms with E-state index in [9.17, 15) is 4.79 Å². The number of rotatable bonds is 3. The maximum atomic E-state index is 9.93. The molecule has 3 nitrogen and oxygen atoms in total. The molecule has 0 aliphatic carbocycles. The lowest BCUT2D eigenvalue weighted by Crippen LogP contribution is -1.80. The summed E-state index contributed by atoms with van der Waals surface area (Å²) in [5.74, 6) is 0.778. The molecule has 0 heterocycles. The summed E-state index contributed by atoms with van der Waals surface area (Å²) in [6.07, 6.45) is 1.85. The second-order valence-electron chi connectivity index (χ2n) is 2.11. The van der Waals surface area contributed by atoms with Crippen LogP contribution in [0, 0.1) is 0 Å². The Morgan fingerprint density at radius 2 is 2.00 bits per heavy atom. The van der Waals surface area contributed by atoms with Crippen molar-refractivity contribution in [3.05, 3.63) is 24.3 Å². The van der Waals surface area contributed by atoms with Crippen molar-refractivity contribution in [2.75, 3.05) is 7.11 Å². The van der Waals surface area contributed by atoms with Crippen molar-refractivity contribution >= 4 is 18.2 Å². The molecule has 0 spiro atoms. The second kappa shape index (κ2) is 4.28. The minimum Gasteiger partial charge on any atom is -0.497 e. The number of benzene rings is 1. The zero-order valence-electron chi connectivity index (χ0n) is 6.73. The molecule has 0 unspecified atom stereocenters. The van der Waals surface area contributed by atoms with Gasteiger partial charge < -0.3 is 4.74 Å². The van der Waals surface area contributed by atoms with Crippen molar-refractivity contribution in [3.63, 3.8) is 0 Å². The van der Waals surface area contributed by atoms with E-state index in [1.807, 2.05) is 0 Å².